The smallest absolute Gasteiger partial charge is 0.309 e. The molecule has 1 fully saturated rings. The molecule has 0 spiro atoms. The molecule has 19 heavy (non-hydrogen) atoms. The molecule has 1 saturated carbocycles. The summed E-state index contributed by atoms with van der Waals surface area (Å²) in [7, 11) is 0. The Hall–Kier alpha value is -0.130. The maximum Gasteiger partial charge on any atom is 0.309 e. The fourth-order valence-electron chi connectivity index (χ4n) is 2.12. The average molecular weight is 337 g/mol. The number of carbonyl (C=O) groups is 1. The van der Waals surface area contributed by atoms with Crippen LogP contribution in [0, 0.1) is 5.92 Å². The van der Waals surface area contributed by atoms with Gasteiger partial charge in [-0.1, -0.05) is 15.9 Å². The highest BCUT2D eigenvalue weighted by Crippen LogP contribution is 2.34. The van der Waals surface area contributed by atoms with Crippen molar-refractivity contribution < 1.29 is 19.0 Å². The summed E-state index contributed by atoms with van der Waals surface area (Å²) in [6, 6.07) is 0. The monoisotopic (exact) mass is 336 g/mol. The lowest BCUT2D eigenvalue weighted by atomic mass is 10.1. The summed E-state index contributed by atoms with van der Waals surface area (Å²) >= 11 is 3.58. The number of halogens is 1. The number of alkyl halides is 1. The van der Waals surface area contributed by atoms with Crippen molar-refractivity contribution in [2.24, 2.45) is 5.92 Å². The van der Waals surface area contributed by atoms with Gasteiger partial charge in [0.2, 0.25) is 0 Å². The van der Waals surface area contributed by atoms with Crippen molar-refractivity contribution in [1.29, 1.82) is 0 Å². The molecule has 0 heterocycles. The van der Waals surface area contributed by atoms with Gasteiger partial charge in [-0.15, -0.1) is 0 Å². The second-order valence-electron chi connectivity index (χ2n) is 5.81. The largest absolute Gasteiger partial charge is 0.466 e. The van der Waals surface area contributed by atoms with Crippen LogP contribution < -0.4 is 0 Å². The number of esters is 1. The maximum absolute atomic E-state index is 11.7. The van der Waals surface area contributed by atoms with Crippen molar-refractivity contribution in [3.8, 4) is 0 Å². The highest BCUT2D eigenvalue weighted by atomic mass is 79.9. The van der Waals surface area contributed by atoms with E-state index in [0.717, 1.165) is 12.8 Å². The lowest BCUT2D eigenvalue weighted by Crippen LogP contribution is -2.25. The molecule has 4 nitrogen and oxygen atoms in total. The van der Waals surface area contributed by atoms with Gasteiger partial charge in [0.05, 0.1) is 37.4 Å². The Labute approximate surface area is 124 Å². The summed E-state index contributed by atoms with van der Waals surface area (Å²) in [6.45, 7) is 9.46. The molecule has 0 saturated heterocycles. The molecule has 1 rings (SSSR count). The first-order valence-electron chi connectivity index (χ1n) is 6.89. The van der Waals surface area contributed by atoms with Crippen LogP contribution in [-0.2, 0) is 19.0 Å². The van der Waals surface area contributed by atoms with Gasteiger partial charge in [-0.2, -0.15) is 0 Å². The van der Waals surface area contributed by atoms with Crippen molar-refractivity contribution in [1.82, 2.24) is 0 Å². The Morgan fingerprint density at radius 3 is 2.53 bits per heavy atom. The lowest BCUT2D eigenvalue weighted by molar-refractivity contribution is -0.148. The quantitative estimate of drug-likeness (QED) is 0.425. The number of ether oxygens (including phenoxy) is 3. The second kappa shape index (κ2) is 7.60. The zero-order chi connectivity index (χ0) is 14.5. The lowest BCUT2D eigenvalue weighted by Gasteiger charge is -2.21. The molecule has 5 heteroatoms. The van der Waals surface area contributed by atoms with E-state index in [1.165, 1.54) is 0 Å². The molecule has 0 aliphatic heterocycles. The third-order valence-electron chi connectivity index (χ3n) is 3.00. The molecule has 0 aromatic carbocycles. The summed E-state index contributed by atoms with van der Waals surface area (Å²) in [4.78, 5) is 11.9. The van der Waals surface area contributed by atoms with Crippen LogP contribution >= 0.6 is 15.9 Å². The molecule has 0 radical (unpaired) electrons. The van der Waals surface area contributed by atoms with Crippen molar-refractivity contribution in [3.05, 3.63) is 0 Å². The first-order chi connectivity index (χ1) is 8.83. The molecule has 0 aromatic rings. The van der Waals surface area contributed by atoms with E-state index in [2.05, 4.69) is 15.9 Å². The Morgan fingerprint density at radius 2 is 1.95 bits per heavy atom. The molecule has 0 N–H and O–H groups in total. The van der Waals surface area contributed by atoms with Crippen LogP contribution in [0.4, 0.5) is 0 Å². The zero-order valence-electron chi connectivity index (χ0n) is 12.3. The van der Waals surface area contributed by atoms with Gasteiger partial charge in [-0.25, -0.2) is 0 Å². The minimum absolute atomic E-state index is 0.0436. The molecular formula is C14H25BrO4. The van der Waals surface area contributed by atoms with E-state index in [-0.39, 0.29) is 28.4 Å². The fourth-order valence-corrected chi connectivity index (χ4v) is 2.94. The summed E-state index contributed by atoms with van der Waals surface area (Å²) in [5.41, 5.74) is -0.139. The number of carbonyl (C=O) groups excluding carboxylic acids is 1. The van der Waals surface area contributed by atoms with Gasteiger partial charge in [0.1, 0.15) is 0 Å². The van der Waals surface area contributed by atoms with E-state index in [0.29, 0.717) is 19.8 Å². The summed E-state index contributed by atoms with van der Waals surface area (Å²) in [5, 5.41) is 0. The van der Waals surface area contributed by atoms with Gasteiger partial charge in [0, 0.05) is 4.83 Å². The van der Waals surface area contributed by atoms with E-state index < -0.39 is 0 Å². The Balaban J connectivity index is 2.26. The average Bonchev–Trinajstić information content (AvgIpc) is 2.66. The third kappa shape index (κ3) is 6.23. The zero-order valence-corrected chi connectivity index (χ0v) is 13.9. The highest BCUT2D eigenvalue weighted by Gasteiger charge is 2.37. The fraction of sp³-hybridized carbons (Fsp3) is 0.929. The Bertz CT molecular complexity index is 288. The second-order valence-corrected chi connectivity index (χ2v) is 6.98. The van der Waals surface area contributed by atoms with Crippen LogP contribution in [0.1, 0.15) is 40.5 Å². The van der Waals surface area contributed by atoms with Crippen molar-refractivity contribution >= 4 is 21.9 Å². The van der Waals surface area contributed by atoms with Gasteiger partial charge in [0.25, 0.3) is 0 Å². The highest BCUT2D eigenvalue weighted by molar-refractivity contribution is 9.09. The molecular weight excluding hydrogens is 312 g/mol. The molecule has 3 unspecified atom stereocenters. The van der Waals surface area contributed by atoms with Gasteiger partial charge in [-0.05, 0) is 40.5 Å². The molecule has 3 atom stereocenters. The van der Waals surface area contributed by atoms with Crippen molar-refractivity contribution in [2.45, 2.75) is 57.1 Å². The SMILES string of the molecule is CCOC(=O)C1CC(Br)C(OCCOC(C)(C)C)C1. The summed E-state index contributed by atoms with van der Waals surface area (Å²) in [5.74, 6) is -0.151. The van der Waals surface area contributed by atoms with Gasteiger partial charge < -0.3 is 14.2 Å². The number of hydrogen-bond donors (Lipinski definition) is 0. The minimum Gasteiger partial charge on any atom is -0.466 e. The van der Waals surface area contributed by atoms with E-state index in [9.17, 15) is 4.79 Å². The van der Waals surface area contributed by atoms with E-state index in [1.807, 2.05) is 27.7 Å². The van der Waals surface area contributed by atoms with Crippen LogP contribution in [0.25, 0.3) is 0 Å². The molecule has 1 aliphatic rings. The van der Waals surface area contributed by atoms with Crippen molar-refractivity contribution in [2.75, 3.05) is 19.8 Å². The van der Waals surface area contributed by atoms with E-state index in [1.54, 1.807) is 0 Å². The summed E-state index contributed by atoms with van der Waals surface area (Å²) in [6.07, 6.45) is 1.58. The van der Waals surface area contributed by atoms with Crippen LogP contribution in [0.3, 0.4) is 0 Å². The van der Waals surface area contributed by atoms with Gasteiger partial charge >= 0.3 is 5.97 Å². The van der Waals surface area contributed by atoms with E-state index >= 15 is 0 Å². The van der Waals surface area contributed by atoms with Crippen LogP contribution in [0.5, 0.6) is 0 Å². The summed E-state index contributed by atoms with van der Waals surface area (Å²) < 4.78 is 16.4. The Morgan fingerprint density at radius 1 is 1.26 bits per heavy atom. The number of rotatable bonds is 6. The predicted octanol–water partition coefficient (Wildman–Crippen LogP) is 2.92. The Kier molecular flexibility index (Phi) is 6.77. The van der Waals surface area contributed by atoms with Crippen LogP contribution in [-0.4, -0.2) is 42.3 Å². The maximum atomic E-state index is 11.7. The van der Waals surface area contributed by atoms with Crippen LogP contribution in [0.15, 0.2) is 0 Å². The normalized spacial score (nSPS) is 27.5. The molecule has 0 aromatic heterocycles. The molecule has 0 amide bonds. The first-order valence-corrected chi connectivity index (χ1v) is 7.81. The van der Waals surface area contributed by atoms with Crippen molar-refractivity contribution in [3.63, 3.8) is 0 Å². The third-order valence-corrected chi connectivity index (χ3v) is 3.96. The van der Waals surface area contributed by atoms with E-state index in [4.69, 9.17) is 14.2 Å². The minimum atomic E-state index is -0.139. The van der Waals surface area contributed by atoms with Gasteiger partial charge in [0.15, 0.2) is 0 Å². The van der Waals surface area contributed by atoms with Gasteiger partial charge in [-0.3, -0.25) is 4.79 Å². The topological polar surface area (TPSA) is 44.8 Å². The number of hydrogen-bond acceptors (Lipinski definition) is 4. The first kappa shape index (κ1) is 16.9. The molecule has 0 bridgehead atoms. The molecule has 112 valence electrons. The predicted molar refractivity (Wildman–Crippen MR) is 77.5 cm³/mol. The van der Waals surface area contributed by atoms with Crippen LogP contribution in [0.2, 0.25) is 0 Å². The standard InChI is InChI=1S/C14H25BrO4/c1-5-17-13(16)10-8-11(15)12(9-10)18-6-7-19-14(2,3)4/h10-12H,5-9H2,1-4H3. The molecule has 1 aliphatic carbocycles.